The van der Waals surface area contributed by atoms with Crippen LogP contribution in [0.15, 0.2) is 24.3 Å². The molecule has 1 aromatic rings. The fraction of sp³-hybridized carbons (Fsp3) is 0.462. The van der Waals surface area contributed by atoms with Crippen LogP contribution in [0.2, 0.25) is 0 Å². The first kappa shape index (κ1) is 12.9. The number of aliphatic carboxylic acids is 1. The monoisotopic (exact) mass is 258 g/mol. The van der Waals surface area contributed by atoms with Crippen LogP contribution in [0.3, 0.4) is 0 Å². The van der Waals surface area contributed by atoms with Crippen molar-refractivity contribution in [3.8, 4) is 0 Å². The van der Waals surface area contributed by atoms with Crippen LogP contribution in [-0.4, -0.2) is 11.1 Å². The molecule has 0 aromatic heterocycles. The highest BCUT2D eigenvalue weighted by Crippen LogP contribution is 2.45. The lowest BCUT2D eigenvalue weighted by Gasteiger charge is -2.16. The summed E-state index contributed by atoms with van der Waals surface area (Å²) in [5, 5.41) is 8.83. The summed E-state index contributed by atoms with van der Waals surface area (Å²) in [6.07, 6.45) is -2.69. The first-order valence-corrected chi connectivity index (χ1v) is 5.77. The van der Waals surface area contributed by atoms with Crippen molar-refractivity contribution in [2.45, 2.75) is 31.4 Å². The van der Waals surface area contributed by atoms with Gasteiger partial charge in [0.15, 0.2) is 0 Å². The molecule has 1 atom stereocenters. The number of hydrogen-bond donors (Lipinski definition) is 1. The maximum atomic E-state index is 12.6. The first-order valence-electron chi connectivity index (χ1n) is 5.77. The molecule has 0 aliphatic heterocycles. The van der Waals surface area contributed by atoms with Gasteiger partial charge >= 0.3 is 12.1 Å². The van der Waals surface area contributed by atoms with Crippen LogP contribution in [0.1, 0.15) is 36.3 Å². The minimum absolute atomic E-state index is 0.105. The fourth-order valence-electron chi connectivity index (χ4n) is 2.19. The zero-order valence-corrected chi connectivity index (χ0v) is 9.57. The van der Waals surface area contributed by atoms with E-state index in [4.69, 9.17) is 5.11 Å². The van der Waals surface area contributed by atoms with Gasteiger partial charge in [-0.25, -0.2) is 0 Å². The Hall–Kier alpha value is -1.52. The van der Waals surface area contributed by atoms with E-state index >= 15 is 0 Å². The molecule has 5 heteroatoms. The Bertz CT molecular complexity index is 450. The van der Waals surface area contributed by atoms with Gasteiger partial charge in [-0.2, -0.15) is 13.2 Å². The number of carbonyl (C=O) groups is 1. The van der Waals surface area contributed by atoms with Crippen LogP contribution in [-0.2, 0) is 11.0 Å². The van der Waals surface area contributed by atoms with E-state index in [2.05, 4.69) is 0 Å². The van der Waals surface area contributed by atoms with Gasteiger partial charge in [-0.3, -0.25) is 4.79 Å². The summed E-state index contributed by atoms with van der Waals surface area (Å²) in [5.41, 5.74) is -0.231. The van der Waals surface area contributed by atoms with E-state index in [1.165, 1.54) is 6.07 Å². The van der Waals surface area contributed by atoms with Crippen LogP contribution in [0, 0.1) is 5.92 Å². The summed E-state index contributed by atoms with van der Waals surface area (Å²) in [5.74, 6) is -1.06. The number of carboxylic acids is 1. The standard InChI is InChI=1S/C13H13F3O2/c14-13(15,16)10-3-1-2-9(6-10)11(7-12(17)18)8-4-5-8/h1-3,6,8,11H,4-5,7H2,(H,17,18). The lowest BCUT2D eigenvalue weighted by molar-refractivity contribution is -0.138. The highest BCUT2D eigenvalue weighted by molar-refractivity contribution is 5.68. The fourth-order valence-corrected chi connectivity index (χ4v) is 2.19. The Morgan fingerprint density at radius 1 is 1.39 bits per heavy atom. The van der Waals surface area contributed by atoms with Crippen LogP contribution < -0.4 is 0 Å². The topological polar surface area (TPSA) is 37.3 Å². The number of carboxylic acid groups (broad SMARTS) is 1. The summed E-state index contributed by atoms with van der Waals surface area (Å²) in [7, 11) is 0. The molecule has 2 rings (SSSR count). The smallest absolute Gasteiger partial charge is 0.416 e. The van der Waals surface area contributed by atoms with Crippen molar-refractivity contribution in [1.82, 2.24) is 0 Å². The molecular weight excluding hydrogens is 245 g/mol. The molecule has 0 amide bonds. The molecule has 1 fully saturated rings. The van der Waals surface area contributed by atoms with Crippen molar-refractivity contribution in [3.63, 3.8) is 0 Å². The van der Waals surface area contributed by atoms with Crippen molar-refractivity contribution in [1.29, 1.82) is 0 Å². The summed E-state index contributed by atoms with van der Waals surface area (Å²) in [6, 6.07) is 5.01. The molecule has 1 aliphatic carbocycles. The Morgan fingerprint density at radius 2 is 2.06 bits per heavy atom. The van der Waals surface area contributed by atoms with Gasteiger partial charge in [0.1, 0.15) is 0 Å². The van der Waals surface area contributed by atoms with Gasteiger partial charge in [0.05, 0.1) is 12.0 Å². The molecule has 1 aromatic carbocycles. The normalized spacial score (nSPS) is 17.5. The predicted molar refractivity (Wildman–Crippen MR) is 59.2 cm³/mol. The van der Waals surface area contributed by atoms with Gasteiger partial charge in [-0.15, -0.1) is 0 Å². The Labute approximate surface area is 102 Å². The van der Waals surface area contributed by atoms with Crippen molar-refractivity contribution in [2.24, 2.45) is 5.92 Å². The molecule has 0 bridgehead atoms. The quantitative estimate of drug-likeness (QED) is 0.894. The third-order valence-corrected chi connectivity index (χ3v) is 3.23. The largest absolute Gasteiger partial charge is 0.481 e. The molecule has 1 unspecified atom stereocenters. The van der Waals surface area contributed by atoms with E-state index in [0.717, 1.165) is 25.0 Å². The van der Waals surface area contributed by atoms with E-state index < -0.39 is 17.7 Å². The van der Waals surface area contributed by atoms with Gasteiger partial charge in [0.25, 0.3) is 0 Å². The number of rotatable bonds is 4. The molecule has 0 heterocycles. The van der Waals surface area contributed by atoms with Gasteiger partial charge < -0.3 is 5.11 Å². The molecule has 18 heavy (non-hydrogen) atoms. The maximum absolute atomic E-state index is 12.6. The predicted octanol–water partition coefficient (Wildman–Crippen LogP) is 3.67. The minimum Gasteiger partial charge on any atom is -0.481 e. The number of halogens is 3. The van der Waals surface area contributed by atoms with E-state index in [1.807, 2.05) is 0 Å². The second kappa shape index (κ2) is 4.63. The molecule has 0 spiro atoms. The zero-order valence-electron chi connectivity index (χ0n) is 9.57. The zero-order chi connectivity index (χ0) is 13.3. The van der Waals surface area contributed by atoms with Gasteiger partial charge in [0, 0.05) is 0 Å². The molecule has 0 radical (unpaired) electrons. The average Bonchev–Trinajstić information content (AvgIpc) is 3.08. The third kappa shape index (κ3) is 3.03. The molecule has 1 N–H and O–H groups in total. The van der Waals surface area contributed by atoms with E-state index in [-0.39, 0.29) is 18.3 Å². The van der Waals surface area contributed by atoms with E-state index in [1.54, 1.807) is 6.07 Å². The molecule has 1 saturated carbocycles. The van der Waals surface area contributed by atoms with Crippen molar-refractivity contribution in [2.75, 3.05) is 0 Å². The van der Waals surface area contributed by atoms with Gasteiger partial charge in [0.2, 0.25) is 0 Å². The Balaban J connectivity index is 2.27. The van der Waals surface area contributed by atoms with Gasteiger partial charge in [-0.1, -0.05) is 18.2 Å². The first-order chi connectivity index (χ1) is 8.38. The maximum Gasteiger partial charge on any atom is 0.416 e. The van der Waals surface area contributed by atoms with Crippen molar-refractivity contribution in [3.05, 3.63) is 35.4 Å². The highest BCUT2D eigenvalue weighted by atomic mass is 19.4. The Morgan fingerprint density at radius 3 is 2.56 bits per heavy atom. The summed E-state index contributed by atoms with van der Waals surface area (Å²) >= 11 is 0. The lowest BCUT2D eigenvalue weighted by Crippen LogP contribution is -2.11. The summed E-state index contributed by atoms with van der Waals surface area (Å²) in [6.45, 7) is 0. The average molecular weight is 258 g/mol. The lowest BCUT2D eigenvalue weighted by atomic mass is 9.90. The third-order valence-electron chi connectivity index (χ3n) is 3.23. The van der Waals surface area contributed by atoms with Crippen molar-refractivity contribution < 1.29 is 23.1 Å². The van der Waals surface area contributed by atoms with Crippen LogP contribution in [0.25, 0.3) is 0 Å². The molecule has 98 valence electrons. The molecule has 0 saturated heterocycles. The summed E-state index contributed by atoms with van der Waals surface area (Å²) < 4.78 is 37.8. The van der Waals surface area contributed by atoms with Crippen LogP contribution in [0.5, 0.6) is 0 Å². The number of benzene rings is 1. The Kier molecular flexibility index (Phi) is 3.32. The van der Waals surface area contributed by atoms with Crippen molar-refractivity contribution >= 4 is 5.97 Å². The summed E-state index contributed by atoms with van der Waals surface area (Å²) in [4.78, 5) is 10.8. The number of hydrogen-bond acceptors (Lipinski definition) is 1. The highest BCUT2D eigenvalue weighted by Gasteiger charge is 2.36. The number of alkyl halides is 3. The second-order valence-electron chi connectivity index (χ2n) is 4.67. The molecular formula is C13H13F3O2. The molecule has 1 aliphatic rings. The van der Waals surface area contributed by atoms with Crippen LogP contribution >= 0.6 is 0 Å². The van der Waals surface area contributed by atoms with E-state index in [0.29, 0.717) is 5.56 Å². The SMILES string of the molecule is O=C(O)CC(c1cccc(C(F)(F)F)c1)C1CC1. The minimum atomic E-state index is -4.38. The van der Waals surface area contributed by atoms with Crippen LogP contribution in [0.4, 0.5) is 13.2 Å². The van der Waals surface area contributed by atoms with Gasteiger partial charge in [-0.05, 0) is 36.3 Å². The van der Waals surface area contributed by atoms with E-state index in [9.17, 15) is 18.0 Å². The molecule has 2 nitrogen and oxygen atoms in total. The second-order valence-corrected chi connectivity index (χ2v) is 4.67.